The van der Waals surface area contributed by atoms with Gasteiger partial charge in [-0.25, -0.2) is 0 Å². The van der Waals surface area contributed by atoms with Crippen molar-refractivity contribution < 1.29 is 14.1 Å². The molecule has 2 aliphatic rings. The number of aromatic nitrogens is 3. The monoisotopic (exact) mass is 397 g/mol. The lowest BCUT2D eigenvalue weighted by molar-refractivity contribution is -0.131. The van der Waals surface area contributed by atoms with Crippen LogP contribution in [0.1, 0.15) is 54.5 Å². The van der Waals surface area contributed by atoms with Crippen LogP contribution in [0.15, 0.2) is 22.4 Å². The van der Waals surface area contributed by atoms with E-state index in [2.05, 4.69) is 21.6 Å². The summed E-state index contributed by atoms with van der Waals surface area (Å²) < 4.78 is 7.37. The van der Waals surface area contributed by atoms with E-state index in [4.69, 9.17) is 4.52 Å². The van der Waals surface area contributed by atoms with Crippen molar-refractivity contribution in [1.82, 2.24) is 25.2 Å². The molecule has 8 heteroatoms. The molecule has 4 rings (SSSR count). The van der Waals surface area contributed by atoms with Gasteiger partial charge in [-0.2, -0.15) is 5.10 Å². The first kappa shape index (κ1) is 19.4. The normalized spacial score (nSPS) is 21.3. The maximum absolute atomic E-state index is 12.7. The number of rotatable bonds is 5. The highest BCUT2D eigenvalue weighted by Gasteiger charge is 2.44. The van der Waals surface area contributed by atoms with Crippen molar-refractivity contribution in [3.05, 3.63) is 34.9 Å². The van der Waals surface area contributed by atoms with Crippen LogP contribution >= 0.6 is 0 Å². The molecule has 8 nitrogen and oxygen atoms in total. The van der Waals surface area contributed by atoms with E-state index in [0.29, 0.717) is 18.7 Å². The van der Waals surface area contributed by atoms with E-state index in [1.165, 1.54) is 0 Å². The Hall–Kier alpha value is -2.90. The first-order valence-electron chi connectivity index (χ1n) is 10.1. The third-order valence-corrected chi connectivity index (χ3v) is 6.31. The fourth-order valence-corrected chi connectivity index (χ4v) is 4.69. The lowest BCUT2D eigenvalue weighted by Crippen LogP contribution is -2.46. The summed E-state index contributed by atoms with van der Waals surface area (Å²) in [6, 6.07) is 1.67. The molecular formula is C21H27N5O3. The van der Waals surface area contributed by atoms with Crippen molar-refractivity contribution >= 4 is 11.8 Å². The van der Waals surface area contributed by atoms with E-state index >= 15 is 0 Å². The van der Waals surface area contributed by atoms with E-state index in [0.717, 1.165) is 48.5 Å². The van der Waals surface area contributed by atoms with E-state index < -0.39 is 0 Å². The molecule has 2 amide bonds. The predicted molar refractivity (Wildman–Crippen MR) is 107 cm³/mol. The molecule has 154 valence electrons. The second kappa shape index (κ2) is 7.17. The van der Waals surface area contributed by atoms with Crippen LogP contribution in [0.4, 0.5) is 0 Å². The predicted octanol–water partition coefficient (Wildman–Crippen LogP) is 2.82. The van der Waals surface area contributed by atoms with Gasteiger partial charge >= 0.3 is 0 Å². The molecule has 1 fully saturated rings. The van der Waals surface area contributed by atoms with Gasteiger partial charge in [0, 0.05) is 49.4 Å². The molecule has 0 aromatic carbocycles. The summed E-state index contributed by atoms with van der Waals surface area (Å²) in [4.78, 5) is 26.5. The fraction of sp³-hybridized carbons (Fsp3) is 0.524. The molecule has 2 aromatic rings. The average molecular weight is 397 g/mol. The largest absolute Gasteiger partial charge is 0.355 e. The second-order valence-electron chi connectivity index (χ2n) is 7.98. The molecule has 1 saturated heterocycles. The highest BCUT2D eigenvalue weighted by atomic mass is 16.5. The van der Waals surface area contributed by atoms with Crippen LogP contribution < -0.4 is 5.32 Å². The number of aryl methyl sites for hydroxylation is 2. The number of hydrogen-bond donors (Lipinski definition) is 1. The van der Waals surface area contributed by atoms with Crippen LogP contribution in [-0.4, -0.2) is 45.2 Å². The highest BCUT2D eigenvalue weighted by molar-refractivity contribution is 5.93. The van der Waals surface area contributed by atoms with Gasteiger partial charge in [0.15, 0.2) is 11.5 Å². The number of carbonyl (C=O) groups excluding carboxylic acids is 2. The summed E-state index contributed by atoms with van der Waals surface area (Å²) in [5.74, 6) is 0.422. The molecule has 0 saturated carbocycles. The lowest BCUT2D eigenvalue weighted by atomic mass is 9.77. The standard InChI is InChI=1S/C21H27N5O3/c1-5-26-14(3)19(13(2)23-26)16-11-15(24-29-16)20(28)22-12-21-9-6-7-17(21)25(4)18(27)8-10-21/h7,11H,5-6,8-10,12H2,1-4H3,(H,22,28). The van der Waals surface area contributed by atoms with Crippen molar-refractivity contribution in [2.24, 2.45) is 5.41 Å². The Morgan fingerprint density at radius 1 is 1.34 bits per heavy atom. The summed E-state index contributed by atoms with van der Waals surface area (Å²) in [6.07, 6.45) is 5.27. The molecule has 1 atom stereocenters. The van der Waals surface area contributed by atoms with Crippen molar-refractivity contribution in [3.63, 3.8) is 0 Å². The van der Waals surface area contributed by atoms with Crippen LogP contribution in [-0.2, 0) is 11.3 Å². The van der Waals surface area contributed by atoms with E-state index in [9.17, 15) is 9.59 Å². The van der Waals surface area contributed by atoms with Gasteiger partial charge < -0.3 is 14.7 Å². The Morgan fingerprint density at radius 2 is 2.14 bits per heavy atom. The zero-order valence-electron chi connectivity index (χ0n) is 17.4. The van der Waals surface area contributed by atoms with Crippen LogP contribution in [0.5, 0.6) is 0 Å². The average Bonchev–Trinajstić information content (AvgIpc) is 3.41. The Morgan fingerprint density at radius 3 is 2.86 bits per heavy atom. The second-order valence-corrected chi connectivity index (χ2v) is 7.98. The molecule has 3 heterocycles. The van der Waals surface area contributed by atoms with Gasteiger partial charge in [-0.3, -0.25) is 14.3 Å². The van der Waals surface area contributed by atoms with Crippen LogP contribution in [0.3, 0.4) is 0 Å². The molecule has 1 aliphatic carbocycles. The molecule has 0 spiro atoms. The van der Waals surface area contributed by atoms with Gasteiger partial charge in [-0.05, 0) is 40.0 Å². The number of piperidine rings is 1. The zero-order chi connectivity index (χ0) is 20.8. The zero-order valence-corrected chi connectivity index (χ0v) is 17.4. The van der Waals surface area contributed by atoms with Gasteiger partial charge in [0.25, 0.3) is 5.91 Å². The third-order valence-electron chi connectivity index (χ3n) is 6.31. The number of hydrogen-bond acceptors (Lipinski definition) is 5. The number of allylic oxidation sites excluding steroid dienone is 1. The lowest BCUT2D eigenvalue weighted by Gasteiger charge is -2.41. The molecule has 1 aliphatic heterocycles. The van der Waals surface area contributed by atoms with Crippen molar-refractivity contribution in [2.45, 2.75) is 53.0 Å². The summed E-state index contributed by atoms with van der Waals surface area (Å²) >= 11 is 0. The number of nitrogens with zero attached hydrogens (tertiary/aromatic N) is 4. The highest BCUT2D eigenvalue weighted by Crippen LogP contribution is 2.46. The van der Waals surface area contributed by atoms with E-state index in [1.54, 1.807) is 11.0 Å². The van der Waals surface area contributed by atoms with E-state index in [1.807, 2.05) is 32.5 Å². The maximum atomic E-state index is 12.7. The first-order chi connectivity index (χ1) is 13.9. The molecule has 0 radical (unpaired) electrons. The first-order valence-corrected chi connectivity index (χ1v) is 10.1. The molecule has 1 unspecified atom stereocenters. The fourth-order valence-electron chi connectivity index (χ4n) is 4.69. The SMILES string of the molecule is CCn1nc(C)c(-c2cc(C(=O)NCC34CCC=C3N(C)C(=O)CC4)no2)c1C. The van der Waals surface area contributed by atoms with Crippen LogP contribution in [0.25, 0.3) is 11.3 Å². The number of amides is 2. The number of likely N-dealkylation sites (tertiary alicyclic amines) is 1. The number of fused-ring (bicyclic) bond motifs is 1. The minimum absolute atomic E-state index is 0.139. The molecule has 2 aromatic heterocycles. The molecule has 1 N–H and O–H groups in total. The van der Waals surface area contributed by atoms with Gasteiger partial charge in [0.2, 0.25) is 5.91 Å². The smallest absolute Gasteiger partial charge is 0.273 e. The van der Waals surface area contributed by atoms with Gasteiger partial charge in [-0.1, -0.05) is 11.2 Å². The number of nitrogens with one attached hydrogen (secondary N) is 1. The minimum atomic E-state index is -0.265. The van der Waals surface area contributed by atoms with Gasteiger partial charge in [0.05, 0.1) is 11.3 Å². The summed E-state index contributed by atoms with van der Waals surface area (Å²) in [6.45, 7) is 7.19. The van der Waals surface area contributed by atoms with Crippen LogP contribution in [0.2, 0.25) is 0 Å². The number of carbonyl (C=O) groups is 2. The summed E-state index contributed by atoms with van der Waals surface area (Å²) in [5.41, 5.74) is 3.84. The van der Waals surface area contributed by atoms with Crippen LogP contribution in [0, 0.1) is 19.3 Å². The Bertz CT molecular complexity index is 1000. The minimum Gasteiger partial charge on any atom is -0.355 e. The topological polar surface area (TPSA) is 93.3 Å². The Kier molecular flexibility index (Phi) is 4.80. The van der Waals surface area contributed by atoms with E-state index in [-0.39, 0.29) is 22.9 Å². The van der Waals surface area contributed by atoms with Crippen molar-refractivity contribution in [2.75, 3.05) is 13.6 Å². The van der Waals surface area contributed by atoms with Gasteiger partial charge in [-0.15, -0.1) is 0 Å². The molecule has 0 bridgehead atoms. The Labute approximate surface area is 169 Å². The van der Waals surface area contributed by atoms with Crippen molar-refractivity contribution in [3.8, 4) is 11.3 Å². The summed E-state index contributed by atoms with van der Waals surface area (Å²) in [5, 5.41) is 11.5. The quantitative estimate of drug-likeness (QED) is 0.837. The van der Waals surface area contributed by atoms with Gasteiger partial charge in [0.1, 0.15) is 0 Å². The Balaban J connectivity index is 1.49. The maximum Gasteiger partial charge on any atom is 0.273 e. The van der Waals surface area contributed by atoms with Crippen molar-refractivity contribution in [1.29, 1.82) is 0 Å². The third kappa shape index (κ3) is 3.16. The molecular weight excluding hydrogens is 370 g/mol. The molecule has 29 heavy (non-hydrogen) atoms. The summed E-state index contributed by atoms with van der Waals surface area (Å²) in [7, 11) is 1.82.